The van der Waals surface area contributed by atoms with Crippen molar-refractivity contribution in [1.29, 1.82) is 0 Å². The summed E-state index contributed by atoms with van der Waals surface area (Å²) in [6, 6.07) is 19.2. The molecule has 1 amide bonds. The van der Waals surface area contributed by atoms with Crippen molar-refractivity contribution in [2.45, 2.75) is 37.5 Å². The van der Waals surface area contributed by atoms with E-state index in [0.717, 1.165) is 9.87 Å². The largest absolute Gasteiger partial charge is 0.325 e. The zero-order valence-electron chi connectivity index (χ0n) is 20.8. The van der Waals surface area contributed by atoms with Crippen molar-refractivity contribution in [3.8, 4) is 0 Å². The molecule has 36 heavy (non-hydrogen) atoms. The lowest BCUT2D eigenvalue weighted by Gasteiger charge is -2.26. The van der Waals surface area contributed by atoms with E-state index in [-0.39, 0.29) is 9.79 Å². The van der Waals surface area contributed by atoms with Crippen LogP contribution in [-0.4, -0.2) is 46.7 Å². The highest BCUT2D eigenvalue weighted by Crippen LogP contribution is 2.28. The molecule has 0 bridgehead atoms. The van der Waals surface area contributed by atoms with E-state index in [1.54, 1.807) is 45.0 Å². The third kappa shape index (κ3) is 5.95. The Morgan fingerprint density at radius 1 is 0.778 bits per heavy atom. The molecule has 0 radical (unpaired) electrons. The average molecular weight is 530 g/mol. The van der Waals surface area contributed by atoms with E-state index in [1.807, 2.05) is 19.1 Å². The summed E-state index contributed by atoms with van der Waals surface area (Å²) in [6.07, 6.45) is 0. The quantitative estimate of drug-likeness (QED) is 0.425. The van der Waals surface area contributed by atoms with E-state index < -0.39 is 32.5 Å². The van der Waals surface area contributed by atoms with Gasteiger partial charge < -0.3 is 5.32 Å². The number of hydrogen-bond donors (Lipinski definition) is 1. The van der Waals surface area contributed by atoms with Crippen LogP contribution in [0.25, 0.3) is 0 Å². The van der Waals surface area contributed by atoms with Gasteiger partial charge in [0.2, 0.25) is 15.9 Å². The SMILES string of the molecule is CCN(CC)S(=O)(=O)c1ccc(NC(=O)CN(c2cc(C)ccc2C)S(=O)(=O)c2ccccc2)cc1. The summed E-state index contributed by atoms with van der Waals surface area (Å²) in [5, 5.41) is 2.68. The highest BCUT2D eigenvalue weighted by atomic mass is 32.2. The fourth-order valence-electron chi connectivity index (χ4n) is 3.76. The Kier molecular flexibility index (Phi) is 8.55. The van der Waals surface area contributed by atoms with Gasteiger partial charge >= 0.3 is 0 Å². The molecule has 0 fully saturated rings. The van der Waals surface area contributed by atoms with Gasteiger partial charge in [-0.2, -0.15) is 4.31 Å². The van der Waals surface area contributed by atoms with Crippen LogP contribution in [0.15, 0.2) is 82.6 Å². The lowest BCUT2D eigenvalue weighted by atomic mass is 10.1. The fraction of sp³-hybridized carbons (Fsp3) is 0.269. The maximum Gasteiger partial charge on any atom is 0.264 e. The van der Waals surface area contributed by atoms with E-state index in [0.29, 0.717) is 30.0 Å². The molecule has 3 aromatic carbocycles. The Balaban J connectivity index is 1.89. The number of anilines is 2. The smallest absolute Gasteiger partial charge is 0.264 e. The standard InChI is InChI=1S/C26H31N3O5S2/c1-5-28(6-2)35(31,32)24-16-14-22(15-17-24)27-26(30)19-29(25-18-20(3)12-13-21(25)4)36(33,34)23-10-8-7-9-11-23/h7-18H,5-6,19H2,1-4H3,(H,27,30). The Labute approximate surface area is 213 Å². The molecule has 0 aliphatic rings. The van der Waals surface area contributed by atoms with Crippen LogP contribution in [0.4, 0.5) is 11.4 Å². The van der Waals surface area contributed by atoms with Crippen molar-refractivity contribution in [2.75, 3.05) is 29.3 Å². The van der Waals surface area contributed by atoms with Crippen LogP contribution in [0.5, 0.6) is 0 Å². The first-order valence-electron chi connectivity index (χ1n) is 11.6. The first-order valence-corrected chi connectivity index (χ1v) is 14.4. The molecule has 0 unspecified atom stereocenters. The van der Waals surface area contributed by atoms with Gasteiger partial charge in [-0.3, -0.25) is 9.10 Å². The van der Waals surface area contributed by atoms with E-state index in [1.165, 1.54) is 40.7 Å². The summed E-state index contributed by atoms with van der Waals surface area (Å²) in [7, 11) is -7.66. The molecule has 3 aromatic rings. The van der Waals surface area contributed by atoms with Gasteiger partial charge in [0.05, 0.1) is 15.5 Å². The number of benzene rings is 3. The van der Waals surface area contributed by atoms with Gasteiger partial charge in [0.1, 0.15) is 6.54 Å². The summed E-state index contributed by atoms with van der Waals surface area (Å²) in [5.41, 5.74) is 2.33. The Bertz CT molecular complexity index is 1420. The van der Waals surface area contributed by atoms with Gasteiger partial charge in [-0.05, 0) is 67.4 Å². The van der Waals surface area contributed by atoms with Crippen molar-refractivity contribution in [3.05, 3.63) is 83.9 Å². The highest BCUT2D eigenvalue weighted by Gasteiger charge is 2.28. The molecule has 0 atom stereocenters. The molecule has 0 aromatic heterocycles. The van der Waals surface area contributed by atoms with Crippen LogP contribution in [0.1, 0.15) is 25.0 Å². The summed E-state index contributed by atoms with van der Waals surface area (Å²) in [6.45, 7) is 7.41. The number of amides is 1. The minimum atomic E-state index is -4.03. The summed E-state index contributed by atoms with van der Waals surface area (Å²) in [4.78, 5) is 13.2. The zero-order chi connectivity index (χ0) is 26.5. The second kappa shape index (κ2) is 11.2. The summed E-state index contributed by atoms with van der Waals surface area (Å²) >= 11 is 0. The minimum Gasteiger partial charge on any atom is -0.325 e. The number of hydrogen-bond acceptors (Lipinski definition) is 5. The number of sulfonamides is 2. The molecule has 8 nitrogen and oxygen atoms in total. The lowest BCUT2D eigenvalue weighted by Crippen LogP contribution is -2.38. The minimum absolute atomic E-state index is 0.0738. The second-order valence-electron chi connectivity index (χ2n) is 8.28. The maximum absolute atomic E-state index is 13.5. The molecule has 0 saturated heterocycles. The Morgan fingerprint density at radius 3 is 1.94 bits per heavy atom. The van der Waals surface area contributed by atoms with Gasteiger partial charge in [-0.1, -0.05) is 44.2 Å². The van der Waals surface area contributed by atoms with Crippen molar-refractivity contribution in [1.82, 2.24) is 4.31 Å². The second-order valence-corrected chi connectivity index (χ2v) is 12.1. The third-order valence-corrected chi connectivity index (χ3v) is 9.57. The molecule has 0 aliphatic heterocycles. The molecule has 0 heterocycles. The number of carbonyl (C=O) groups is 1. The number of aryl methyl sites for hydroxylation is 2. The number of nitrogens with zero attached hydrogens (tertiary/aromatic N) is 2. The third-order valence-electron chi connectivity index (χ3n) is 5.73. The van der Waals surface area contributed by atoms with Gasteiger partial charge in [0.25, 0.3) is 10.0 Å². The molecule has 0 spiro atoms. The van der Waals surface area contributed by atoms with Crippen molar-refractivity contribution in [2.24, 2.45) is 0 Å². The fourth-order valence-corrected chi connectivity index (χ4v) is 6.72. The normalized spacial score (nSPS) is 11.9. The molecular weight excluding hydrogens is 498 g/mol. The van der Waals surface area contributed by atoms with E-state index in [9.17, 15) is 21.6 Å². The number of rotatable bonds is 10. The first-order chi connectivity index (χ1) is 17.0. The van der Waals surface area contributed by atoms with Gasteiger partial charge in [0.15, 0.2) is 0 Å². The Morgan fingerprint density at radius 2 is 1.36 bits per heavy atom. The molecular formula is C26H31N3O5S2. The van der Waals surface area contributed by atoms with Crippen LogP contribution < -0.4 is 9.62 Å². The molecule has 1 N–H and O–H groups in total. The molecule has 0 aliphatic carbocycles. The van der Waals surface area contributed by atoms with Crippen LogP contribution in [0.2, 0.25) is 0 Å². The molecule has 3 rings (SSSR count). The van der Waals surface area contributed by atoms with Crippen LogP contribution >= 0.6 is 0 Å². The molecule has 0 saturated carbocycles. The number of nitrogens with one attached hydrogen (secondary N) is 1. The van der Waals surface area contributed by atoms with Crippen molar-refractivity contribution >= 4 is 37.3 Å². The van der Waals surface area contributed by atoms with Crippen LogP contribution in [0.3, 0.4) is 0 Å². The zero-order valence-corrected chi connectivity index (χ0v) is 22.4. The first kappa shape index (κ1) is 27.4. The van der Waals surface area contributed by atoms with Gasteiger partial charge in [-0.15, -0.1) is 0 Å². The van der Waals surface area contributed by atoms with E-state index in [4.69, 9.17) is 0 Å². The van der Waals surface area contributed by atoms with Gasteiger partial charge in [0, 0.05) is 18.8 Å². The molecule has 10 heteroatoms. The van der Waals surface area contributed by atoms with Crippen LogP contribution in [-0.2, 0) is 24.8 Å². The average Bonchev–Trinajstić information content (AvgIpc) is 2.85. The highest BCUT2D eigenvalue weighted by molar-refractivity contribution is 7.92. The predicted octanol–water partition coefficient (Wildman–Crippen LogP) is 4.17. The van der Waals surface area contributed by atoms with Crippen molar-refractivity contribution in [3.63, 3.8) is 0 Å². The maximum atomic E-state index is 13.5. The predicted molar refractivity (Wildman–Crippen MR) is 142 cm³/mol. The van der Waals surface area contributed by atoms with Crippen LogP contribution in [0, 0.1) is 13.8 Å². The van der Waals surface area contributed by atoms with Crippen molar-refractivity contribution < 1.29 is 21.6 Å². The Hall–Kier alpha value is -3.21. The summed E-state index contributed by atoms with van der Waals surface area (Å²) < 4.78 is 54.9. The monoisotopic (exact) mass is 529 g/mol. The lowest BCUT2D eigenvalue weighted by molar-refractivity contribution is -0.114. The van der Waals surface area contributed by atoms with Gasteiger partial charge in [-0.25, -0.2) is 16.8 Å². The van der Waals surface area contributed by atoms with E-state index in [2.05, 4.69) is 5.32 Å². The topological polar surface area (TPSA) is 104 Å². The number of carbonyl (C=O) groups excluding carboxylic acids is 1. The van der Waals surface area contributed by atoms with E-state index >= 15 is 0 Å². The summed E-state index contributed by atoms with van der Waals surface area (Å²) in [5.74, 6) is -0.560. The molecule has 192 valence electrons.